The molecule has 1 aliphatic heterocycles. The molecule has 2 aromatic heterocycles. The Kier molecular flexibility index (Phi) is 4.19. The zero-order valence-corrected chi connectivity index (χ0v) is 12.5. The third-order valence-corrected chi connectivity index (χ3v) is 3.91. The van der Waals surface area contributed by atoms with Crippen LogP contribution in [0.2, 0.25) is 0 Å². The number of nitrogens with one attached hydrogen (secondary N) is 3. The van der Waals surface area contributed by atoms with Crippen molar-refractivity contribution >= 4 is 22.8 Å². The van der Waals surface area contributed by atoms with Crippen molar-refractivity contribution in [1.29, 1.82) is 0 Å². The van der Waals surface area contributed by atoms with E-state index < -0.39 is 0 Å². The lowest BCUT2D eigenvalue weighted by molar-refractivity contribution is 0.108. The largest absolute Gasteiger partial charge is 0.378 e. The van der Waals surface area contributed by atoms with Gasteiger partial charge < -0.3 is 15.4 Å². The molecule has 1 fully saturated rings. The van der Waals surface area contributed by atoms with Crippen LogP contribution in [0.15, 0.2) is 6.20 Å². The summed E-state index contributed by atoms with van der Waals surface area (Å²) in [5.41, 5.74) is 0.752. The van der Waals surface area contributed by atoms with Crippen LogP contribution < -0.4 is 10.6 Å². The van der Waals surface area contributed by atoms with Crippen LogP contribution in [0.3, 0.4) is 0 Å². The van der Waals surface area contributed by atoms with Crippen molar-refractivity contribution < 1.29 is 4.74 Å². The van der Waals surface area contributed by atoms with E-state index in [-0.39, 0.29) is 0 Å². The van der Waals surface area contributed by atoms with Gasteiger partial charge in [0.05, 0.1) is 17.7 Å². The number of nitrogens with zero attached hydrogens (tertiary/aromatic N) is 3. The number of hydrogen-bond acceptors (Lipinski definition) is 6. The van der Waals surface area contributed by atoms with Crippen molar-refractivity contribution in [2.45, 2.75) is 32.8 Å². The van der Waals surface area contributed by atoms with Gasteiger partial charge in [-0.25, -0.2) is 0 Å². The van der Waals surface area contributed by atoms with Crippen LogP contribution in [0.1, 0.15) is 26.7 Å². The molecule has 2 aromatic rings. The summed E-state index contributed by atoms with van der Waals surface area (Å²) in [4.78, 5) is 8.99. The van der Waals surface area contributed by atoms with Crippen LogP contribution in [0.4, 0.5) is 11.8 Å². The van der Waals surface area contributed by atoms with Gasteiger partial charge in [-0.3, -0.25) is 5.10 Å². The van der Waals surface area contributed by atoms with Crippen molar-refractivity contribution in [2.75, 3.05) is 30.3 Å². The van der Waals surface area contributed by atoms with Crippen molar-refractivity contribution in [3.05, 3.63) is 6.20 Å². The number of aromatic amines is 1. The molecule has 0 bridgehead atoms. The maximum Gasteiger partial charge on any atom is 0.226 e. The first-order valence-electron chi connectivity index (χ1n) is 7.58. The van der Waals surface area contributed by atoms with Crippen LogP contribution in [0, 0.1) is 5.92 Å². The van der Waals surface area contributed by atoms with Gasteiger partial charge in [0.15, 0.2) is 5.65 Å². The summed E-state index contributed by atoms with van der Waals surface area (Å²) in [6.07, 6.45) is 4.19. The zero-order valence-electron chi connectivity index (χ0n) is 12.5. The van der Waals surface area contributed by atoms with Crippen molar-refractivity contribution in [3.8, 4) is 0 Å². The Balaban J connectivity index is 1.77. The number of anilines is 2. The van der Waals surface area contributed by atoms with Crippen LogP contribution in [-0.4, -0.2) is 46.0 Å². The first kappa shape index (κ1) is 14.1. The second-order valence-electron chi connectivity index (χ2n) is 5.46. The average molecular weight is 290 g/mol. The molecule has 3 N–H and O–H groups in total. The second kappa shape index (κ2) is 6.26. The van der Waals surface area contributed by atoms with Gasteiger partial charge in [0, 0.05) is 25.6 Å². The number of rotatable bonds is 6. The molecule has 1 aliphatic rings. The van der Waals surface area contributed by atoms with Gasteiger partial charge in [-0.05, 0) is 19.8 Å². The standard InChI is InChI=1S/C14H22N6O/c1-3-5-15-14-18-12(11-8-17-20-13(11)19-14)16-7-10-4-6-21-9(10)2/h8-10H,3-7H2,1-2H3,(H3,15,16,17,18,19,20). The quantitative estimate of drug-likeness (QED) is 0.754. The van der Waals surface area contributed by atoms with Gasteiger partial charge in [0.25, 0.3) is 0 Å². The van der Waals surface area contributed by atoms with Gasteiger partial charge in [0.1, 0.15) is 5.82 Å². The Hall–Kier alpha value is -1.89. The lowest BCUT2D eigenvalue weighted by Crippen LogP contribution is -2.21. The number of H-pyrrole nitrogens is 1. The van der Waals surface area contributed by atoms with E-state index >= 15 is 0 Å². The molecular formula is C14H22N6O. The third-order valence-electron chi connectivity index (χ3n) is 3.91. The minimum absolute atomic E-state index is 0.303. The lowest BCUT2D eigenvalue weighted by atomic mass is 10.0. The van der Waals surface area contributed by atoms with Crippen LogP contribution in [0.5, 0.6) is 0 Å². The zero-order chi connectivity index (χ0) is 14.7. The van der Waals surface area contributed by atoms with Crippen molar-refractivity contribution in [1.82, 2.24) is 20.2 Å². The lowest BCUT2D eigenvalue weighted by Gasteiger charge is -2.16. The Labute approximate surface area is 123 Å². The Morgan fingerprint density at radius 1 is 1.38 bits per heavy atom. The molecule has 3 heterocycles. The highest BCUT2D eigenvalue weighted by Crippen LogP contribution is 2.24. The molecule has 114 valence electrons. The highest BCUT2D eigenvalue weighted by atomic mass is 16.5. The first-order valence-corrected chi connectivity index (χ1v) is 7.58. The molecule has 0 saturated carbocycles. The molecule has 2 unspecified atom stereocenters. The second-order valence-corrected chi connectivity index (χ2v) is 5.46. The van der Waals surface area contributed by atoms with E-state index in [0.717, 1.165) is 49.4 Å². The molecule has 7 nitrogen and oxygen atoms in total. The van der Waals surface area contributed by atoms with Gasteiger partial charge in [-0.2, -0.15) is 15.1 Å². The summed E-state index contributed by atoms with van der Waals surface area (Å²) in [5, 5.41) is 14.5. The maximum atomic E-state index is 5.60. The van der Waals surface area contributed by atoms with E-state index in [9.17, 15) is 0 Å². The minimum atomic E-state index is 0.303. The molecule has 0 spiro atoms. The van der Waals surface area contributed by atoms with Crippen LogP contribution in [0.25, 0.3) is 11.0 Å². The van der Waals surface area contributed by atoms with Gasteiger partial charge in [-0.15, -0.1) is 0 Å². The number of aromatic nitrogens is 4. The monoisotopic (exact) mass is 290 g/mol. The maximum absolute atomic E-state index is 5.60. The minimum Gasteiger partial charge on any atom is -0.378 e. The molecule has 0 amide bonds. The fourth-order valence-corrected chi connectivity index (χ4v) is 2.56. The van der Waals surface area contributed by atoms with E-state index in [1.807, 2.05) is 0 Å². The topological polar surface area (TPSA) is 87.8 Å². The fraction of sp³-hybridized carbons (Fsp3) is 0.643. The van der Waals surface area contributed by atoms with E-state index in [1.54, 1.807) is 6.20 Å². The van der Waals surface area contributed by atoms with E-state index in [2.05, 4.69) is 44.6 Å². The normalized spacial score (nSPS) is 21.8. The summed E-state index contributed by atoms with van der Waals surface area (Å²) in [7, 11) is 0. The molecule has 0 radical (unpaired) electrons. The molecule has 7 heteroatoms. The van der Waals surface area contributed by atoms with Crippen molar-refractivity contribution in [2.24, 2.45) is 5.92 Å². The van der Waals surface area contributed by atoms with Gasteiger partial charge in [0.2, 0.25) is 5.95 Å². The van der Waals surface area contributed by atoms with Crippen LogP contribution in [-0.2, 0) is 4.74 Å². The van der Waals surface area contributed by atoms with E-state index in [1.165, 1.54) is 0 Å². The van der Waals surface area contributed by atoms with E-state index in [0.29, 0.717) is 18.0 Å². The number of ether oxygens (including phenoxy) is 1. The van der Waals surface area contributed by atoms with Crippen molar-refractivity contribution in [3.63, 3.8) is 0 Å². The summed E-state index contributed by atoms with van der Waals surface area (Å²) < 4.78 is 5.60. The Morgan fingerprint density at radius 3 is 3.05 bits per heavy atom. The fourth-order valence-electron chi connectivity index (χ4n) is 2.56. The molecular weight excluding hydrogens is 268 g/mol. The summed E-state index contributed by atoms with van der Waals surface area (Å²) in [6.45, 7) is 6.79. The molecule has 2 atom stereocenters. The molecule has 0 aromatic carbocycles. The average Bonchev–Trinajstić information content (AvgIpc) is 3.11. The first-order chi connectivity index (χ1) is 10.3. The molecule has 3 rings (SSSR count). The summed E-state index contributed by atoms with van der Waals surface area (Å²) in [6, 6.07) is 0. The highest BCUT2D eigenvalue weighted by Gasteiger charge is 2.24. The highest BCUT2D eigenvalue weighted by molar-refractivity contribution is 5.86. The van der Waals surface area contributed by atoms with E-state index in [4.69, 9.17) is 4.74 Å². The molecule has 21 heavy (non-hydrogen) atoms. The smallest absolute Gasteiger partial charge is 0.226 e. The predicted octanol–water partition coefficient (Wildman–Crippen LogP) is 2.01. The van der Waals surface area contributed by atoms with Crippen LogP contribution >= 0.6 is 0 Å². The molecule has 0 aliphatic carbocycles. The summed E-state index contributed by atoms with van der Waals surface area (Å²) in [5.74, 6) is 1.98. The summed E-state index contributed by atoms with van der Waals surface area (Å²) >= 11 is 0. The Morgan fingerprint density at radius 2 is 2.29 bits per heavy atom. The van der Waals surface area contributed by atoms with Gasteiger partial charge >= 0.3 is 0 Å². The third kappa shape index (κ3) is 3.07. The SMILES string of the molecule is CCCNc1nc(NCC2CCOC2C)c2cn[nH]c2n1. The molecule has 1 saturated heterocycles. The number of hydrogen-bond donors (Lipinski definition) is 3. The predicted molar refractivity (Wildman–Crippen MR) is 82.5 cm³/mol. The van der Waals surface area contributed by atoms with Gasteiger partial charge in [-0.1, -0.05) is 6.92 Å². The number of fused-ring (bicyclic) bond motifs is 1. The Bertz CT molecular complexity index is 598.